The van der Waals surface area contributed by atoms with Gasteiger partial charge in [0.15, 0.2) is 6.29 Å². The van der Waals surface area contributed by atoms with Crippen molar-refractivity contribution in [1.29, 1.82) is 0 Å². The van der Waals surface area contributed by atoms with E-state index in [1.165, 1.54) is 5.56 Å². The number of rotatable bonds is 9. The molecule has 0 fully saturated rings. The molecule has 3 N–H and O–H groups in total. The van der Waals surface area contributed by atoms with Crippen molar-refractivity contribution in [2.75, 3.05) is 13.2 Å². The van der Waals surface area contributed by atoms with E-state index < -0.39 is 6.10 Å². The van der Waals surface area contributed by atoms with Crippen LogP contribution in [0, 0.1) is 13.8 Å². The van der Waals surface area contributed by atoms with Crippen LogP contribution >= 0.6 is 0 Å². The lowest BCUT2D eigenvalue weighted by molar-refractivity contribution is -0.109. The summed E-state index contributed by atoms with van der Waals surface area (Å²) in [6.45, 7) is 6.72. The fourth-order valence-corrected chi connectivity index (χ4v) is 2.90. The monoisotopic (exact) mass is 357 g/mol. The highest BCUT2D eigenvalue weighted by Crippen LogP contribution is 2.23. The van der Waals surface area contributed by atoms with Gasteiger partial charge in [-0.2, -0.15) is 0 Å². The van der Waals surface area contributed by atoms with Gasteiger partial charge in [-0.15, -0.1) is 0 Å². The van der Waals surface area contributed by atoms with Crippen LogP contribution in [0.5, 0.6) is 11.5 Å². The lowest BCUT2D eigenvalue weighted by Gasteiger charge is -2.21. The summed E-state index contributed by atoms with van der Waals surface area (Å²) in [7, 11) is 0. The van der Waals surface area contributed by atoms with Gasteiger partial charge in [-0.1, -0.05) is 18.2 Å². The zero-order chi connectivity index (χ0) is 19.1. The van der Waals surface area contributed by atoms with Gasteiger partial charge in [0.05, 0.1) is 6.10 Å². The van der Waals surface area contributed by atoms with Crippen LogP contribution < -0.4 is 10.1 Å². The average Bonchev–Trinajstić information content (AvgIpc) is 2.63. The zero-order valence-electron chi connectivity index (χ0n) is 15.5. The summed E-state index contributed by atoms with van der Waals surface area (Å²) in [5.74, 6) is 0.926. The summed E-state index contributed by atoms with van der Waals surface area (Å²) in [5, 5.41) is 23.1. The van der Waals surface area contributed by atoms with Crippen LogP contribution in [-0.2, 0) is 11.2 Å². The Kier molecular flexibility index (Phi) is 7.18. The number of aryl methyl sites for hydroxylation is 2. The molecule has 0 amide bonds. The number of aromatic hydroxyl groups is 1. The summed E-state index contributed by atoms with van der Waals surface area (Å²) >= 11 is 0. The Morgan fingerprint density at radius 1 is 1.15 bits per heavy atom. The topological polar surface area (TPSA) is 78.8 Å². The molecule has 2 aromatic carbocycles. The molecule has 0 saturated heterocycles. The maximum Gasteiger partial charge on any atom is 0.157 e. The minimum atomic E-state index is -0.641. The SMILES string of the molecule is Cc1cc(OCC=O)c(C)cc1CCN[C@@H](C)[C@@H](O)c1ccc(O)cc1. The molecule has 5 nitrogen and oxygen atoms in total. The van der Waals surface area contributed by atoms with Gasteiger partial charge in [-0.05, 0) is 74.2 Å². The van der Waals surface area contributed by atoms with E-state index >= 15 is 0 Å². The van der Waals surface area contributed by atoms with Crippen LogP contribution in [0.3, 0.4) is 0 Å². The molecule has 0 aliphatic heterocycles. The number of aldehydes is 1. The van der Waals surface area contributed by atoms with Gasteiger partial charge in [0.2, 0.25) is 0 Å². The quantitative estimate of drug-likeness (QED) is 0.602. The van der Waals surface area contributed by atoms with E-state index in [1.54, 1.807) is 24.3 Å². The molecule has 2 atom stereocenters. The van der Waals surface area contributed by atoms with Gasteiger partial charge in [0.1, 0.15) is 18.1 Å². The molecule has 0 radical (unpaired) electrons. The molecule has 0 unspecified atom stereocenters. The van der Waals surface area contributed by atoms with Crippen molar-refractivity contribution in [1.82, 2.24) is 5.32 Å². The number of aliphatic hydroxyl groups excluding tert-OH is 1. The fourth-order valence-electron chi connectivity index (χ4n) is 2.90. The van der Waals surface area contributed by atoms with Crippen molar-refractivity contribution < 1.29 is 19.7 Å². The van der Waals surface area contributed by atoms with E-state index in [0.717, 1.165) is 41.7 Å². The smallest absolute Gasteiger partial charge is 0.157 e. The van der Waals surface area contributed by atoms with Crippen molar-refractivity contribution in [2.45, 2.75) is 39.3 Å². The number of benzene rings is 2. The van der Waals surface area contributed by atoms with E-state index in [4.69, 9.17) is 4.74 Å². The summed E-state index contributed by atoms with van der Waals surface area (Å²) in [6.07, 6.45) is 0.929. The first-order valence-electron chi connectivity index (χ1n) is 8.79. The van der Waals surface area contributed by atoms with Gasteiger partial charge in [0.25, 0.3) is 0 Å². The molecule has 0 aromatic heterocycles. The Morgan fingerprint density at radius 3 is 2.50 bits per heavy atom. The number of hydrogen-bond acceptors (Lipinski definition) is 5. The molecule has 26 heavy (non-hydrogen) atoms. The second-order valence-corrected chi connectivity index (χ2v) is 6.55. The largest absolute Gasteiger partial charge is 0.508 e. The minimum absolute atomic E-state index is 0.0633. The highest BCUT2D eigenvalue weighted by Gasteiger charge is 2.16. The Balaban J connectivity index is 1.91. The van der Waals surface area contributed by atoms with Gasteiger partial charge in [0, 0.05) is 6.04 Å². The Bertz CT molecular complexity index is 728. The van der Waals surface area contributed by atoms with Gasteiger partial charge in [-0.25, -0.2) is 0 Å². The summed E-state index contributed by atoms with van der Waals surface area (Å²) < 4.78 is 5.42. The Hall–Kier alpha value is -2.37. The molecule has 140 valence electrons. The lowest BCUT2D eigenvalue weighted by atomic mass is 10.0. The number of ether oxygens (including phenoxy) is 1. The van der Waals surface area contributed by atoms with E-state index in [2.05, 4.69) is 11.4 Å². The molecule has 0 heterocycles. The normalized spacial score (nSPS) is 13.2. The lowest BCUT2D eigenvalue weighted by Crippen LogP contribution is -2.33. The van der Waals surface area contributed by atoms with Crippen molar-refractivity contribution in [3.63, 3.8) is 0 Å². The van der Waals surface area contributed by atoms with Crippen LogP contribution in [0.25, 0.3) is 0 Å². The number of phenolic OH excluding ortho intramolecular Hbond substituents is 1. The van der Waals surface area contributed by atoms with Crippen LogP contribution in [-0.4, -0.2) is 35.7 Å². The first-order chi connectivity index (χ1) is 12.4. The second kappa shape index (κ2) is 9.36. The Morgan fingerprint density at radius 2 is 1.85 bits per heavy atom. The minimum Gasteiger partial charge on any atom is -0.508 e. The van der Waals surface area contributed by atoms with E-state index in [-0.39, 0.29) is 18.4 Å². The third kappa shape index (κ3) is 5.31. The predicted molar refractivity (Wildman–Crippen MR) is 102 cm³/mol. The van der Waals surface area contributed by atoms with Crippen LogP contribution in [0.15, 0.2) is 36.4 Å². The molecule has 0 aliphatic rings. The first-order valence-corrected chi connectivity index (χ1v) is 8.79. The zero-order valence-corrected chi connectivity index (χ0v) is 15.5. The molecule has 0 bridgehead atoms. The molecular weight excluding hydrogens is 330 g/mol. The average molecular weight is 357 g/mol. The number of carbonyl (C=O) groups is 1. The van der Waals surface area contributed by atoms with Gasteiger partial charge >= 0.3 is 0 Å². The third-order valence-corrected chi connectivity index (χ3v) is 4.51. The molecule has 5 heteroatoms. The number of hydrogen-bond donors (Lipinski definition) is 3. The maximum absolute atomic E-state index is 10.5. The predicted octanol–water partition coefficient (Wildman–Crippen LogP) is 2.84. The summed E-state index contributed by atoms with van der Waals surface area (Å²) in [4.78, 5) is 10.5. The van der Waals surface area contributed by atoms with Crippen LogP contribution in [0.4, 0.5) is 0 Å². The molecular formula is C21H27NO4. The number of aliphatic hydroxyl groups is 1. The fraction of sp³-hybridized carbons (Fsp3) is 0.381. The molecule has 2 rings (SSSR count). The van der Waals surface area contributed by atoms with Crippen LogP contribution in [0.1, 0.15) is 35.3 Å². The summed E-state index contributed by atoms with van der Waals surface area (Å²) in [5.41, 5.74) is 4.10. The van der Waals surface area contributed by atoms with Crippen molar-refractivity contribution in [2.24, 2.45) is 0 Å². The van der Waals surface area contributed by atoms with E-state index in [0.29, 0.717) is 0 Å². The molecule has 0 spiro atoms. The first kappa shape index (κ1) is 19.9. The third-order valence-electron chi connectivity index (χ3n) is 4.51. The summed E-state index contributed by atoms with van der Waals surface area (Å²) in [6, 6.07) is 10.5. The molecule has 2 aromatic rings. The van der Waals surface area contributed by atoms with Crippen LogP contribution in [0.2, 0.25) is 0 Å². The number of carbonyl (C=O) groups excluding carboxylic acids is 1. The maximum atomic E-state index is 10.5. The number of nitrogens with one attached hydrogen (secondary N) is 1. The molecule has 0 aliphatic carbocycles. The second-order valence-electron chi connectivity index (χ2n) is 6.55. The van der Waals surface area contributed by atoms with Gasteiger partial charge < -0.3 is 20.3 Å². The molecule has 0 saturated carbocycles. The van der Waals surface area contributed by atoms with Crippen molar-refractivity contribution >= 4 is 6.29 Å². The van der Waals surface area contributed by atoms with Crippen molar-refractivity contribution in [3.05, 3.63) is 58.7 Å². The standard InChI is InChI=1S/C21H27NO4/c1-14-13-20(26-11-10-23)15(2)12-18(14)8-9-22-16(3)21(25)17-4-6-19(24)7-5-17/h4-7,10,12-13,16,21-22,24-25H,8-9,11H2,1-3H3/t16-,21+/m0/s1. The highest BCUT2D eigenvalue weighted by atomic mass is 16.5. The highest BCUT2D eigenvalue weighted by molar-refractivity contribution is 5.52. The van der Waals surface area contributed by atoms with E-state index in [1.807, 2.05) is 26.8 Å². The van der Waals surface area contributed by atoms with Gasteiger partial charge in [-0.3, -0.25) is 4.79 Å². The van der Waals surface area contributed by atoms with E-state index in [9.17, 15) is 15.0 Å². The Labute approximate surface area is 154 Å². The van der Waals surface area contributed by atoms with Crippen molar-refractivity contribution in [3.8, 4) is 11.5 Å². The number of phenols is 1.